The maximum absolute atomic E-state index is 12.1. The molecular weight excluding hydrogens is 268 g/mol. The molecule has 5 nitrogen and oxygen atoms in total. The molecule has 1 aromatic rings. The van der Waals surface area contributed by atoms with E-state index in [-0.39, 0.29) is 22.3 Å². The van der Waals surface area contributed by atoms with Crippen molar-refractivity contribution in [3.63, 3.8) is 0 Å². The van der Waals surface area contributed by atoms with Crippen LogP contribution < -0.4 is 5.32 Å². The van der Waals surface area contributed by atoms with Crippen molar-refractivity contribution in [3.8, 4) is 0 Å². The van der Waals surface area contributed by atoms with Crippen molar-refractivity contribution in [2.75, 3.05) is 0 Å². The molecule has 1 aliphatic rings. The molecule has 1 aliphatic carbocycles. The lowest BCUT2D eigenvalue weighted by Crippen LogP contribution is -2.33. The molecule has 0 saturated heterocycles. The lowest BCUT2D eigenvalue weighted by atomic mass is 10.1. The maximum atomic E-state index is 12.1. The van der Waals surface area contributed by atoms with Gasteiger partial charge in [-0.3, -0.25) is 14.9 Å². The highest BCUT2D eigenvalue weighted by Crippen LogP contribution is 2.27. The Morgan fingerprint density at radius 3 is 2.79 bits per heavy atom. The maximum Gasteiger partial charge on any atom is 0.283 e. The summed E-state index contributed by atoms with van der Waals surface area (Å²) >= 11 is 5.72. The van der Waals surface area contributed by atoms with E-state index in [4.69, 9.17) is 11.6 Å². The fourth-order valence-electron chi connectivity index (χ4n) is 2.45. The summed E-state index contributed by atoms with van der Waals surface area (Å²) in [5.74, 6) is 0.188. The van der Waals surface area contributed by atoms with E-state index < -0.39 is 10.8 Å². The summed E-state index contributed by atoms with van der Waals surface area (Å²) in [7, 11) is 0. The van der Waals surface area contributed by atoms with Crippen LogP contribution in [0.2, 0.25) is 5.02 Å². The fraction of sp³-hybridized carbons (Fsp3) is 0.462. The number of hydrogen-bond acceptors (Lipinski definition) is 3. The average molecular weight is 283 g/mol. The first-order chi connectivity index (χ1) is 8.97. The van der Waals surface area contributed by atoms with Gasteiger partial charge in [-0.15, -0.1) is 0 Å². The van der Waals surface area contributed by atoms with E-state index in [9.17, 15) is 14.9 Å². The molecule has 0 aliphatic heterocycles. The number of nitrogens with one attached hydrogen (secondary N) is 1. The van der Waals surface area contributed by atoms with E-state index in [2.05, 4.69) is 12.2 Å². The number of carbonyl (C=O) groups is 1. The summed E-state index contributed by atoms with van der Waals surface area (Å²) in [5.41, 5.74) is -0.190. The monoisotopic (exact) mass is 282 g/mol. The number of halogens is 1. The first-order valence-corrected chi connectivity index (χ1v) is 6.60. The van der Waals surface area contributed by atoms with E-state index in [1.165, 1.54) is 18.2 Å². The van der Waals surface area contributed by atoms with Crippen LogP contribution >= 0.6 is 11.6 Å². The van der Waals surface area contributed by atoms with Crippen LogP contribution in [0.25, 0.3) is 0 Å². The Morgan fingerprint density at radius 1 is 1.47 bits per heavy atom. The van der Waals surface area contributed by atoms with Crippen molar-refractivity contribution in [1.82, 2.24) is 5.32 Å². The Kier molecular flexibility index (Phi) is 4.04. The highest BCUT2D eigenvalue weighted by molar-refractivity contribution is 6.31. The van der Waals surface area contributed by atoms with Crippen LogP contribution in [-0.2, 0) is 0 Å². The molecule has 2 rings (SSSR count). The van der Waals surface area contributed by atoms with E-state index >= 15 is 0 Å². The molecule has 1 N–H and O–H groups in total. The Labute approximate surface area is 116 Å². The van der Waals surface area contributed by atoms with Gasteiger partial charge in [0.15, 0.2) is 0 Å². The summed E-state index contributed by atoms with van der Waals surface area (Å²) in [4.78, 5) is 22.4. The molecule has 2 atom stereocenters. The van der Waals surface area contributed by atoms with Crippen LogP contribution in [0.5, 0.6) is 0 Å². The van der Waals surface area contributed by atoms with Gasteiger partial charge in [-0.1, -0.05) is 18.5 Å². The van der Waals surface area contributed by atoms with Crippen molar-refractivity contribution in [2.45, 2.75) is 32.2 Å². The first kappa shape index (κ1) is 13.8. The van der Waals surface area contributed by atoms with Gasteiger partial charge >= 0.3 is 0 Å². The molecule has 1 fully saturated rings. The largest absolute Gasteiger partial charge is 0.349 e. The molecule has 102 valence electrons. The third kappa shape index (κ3) is 3.23. The molecule has 1 saturated carbocycles. The Balaban J connectivity index is 2.17. The molecule has 1 amide bonds. The Hall–Kier alpha value is -1.62. The second kappa shape index (κ2) is 5.57. The highest BCUT2D eigenvalue weighted by Gasteiger charge is 2.26. The van der Waals surface area contributed by atoms with Crippen molar-refractivity contribution in [2.24, 2.45) is 5.92 Å². The second-order valence-electron chi connectivity index (χ2n) is 5.01. The fourth-order valence-corrected chi connectivity index (χ4v) is 2.62. The van der Waals surface area contributed by atoms with Gasteiger partial charge < -0.3 is 5.32 Å². The summed E-state index contributed by atoms with van der Waals surface area (Å²) < 4.78 is 0. The minimum Gasteiger partial charge on any atom is -0.349 e. The number of nitro benzene ring substituents is 1. The van der Waals surface area contributed by atoms with Crippen LogP contribution in [0.15, 0.2) is 18.2 Å². The van der Waals surface area contributed by atoms with Gasteiger partial charge in [0.2, 0.25) is 0 Å². The predicted molar refractivity (Wildman–Crippen MR) is 72.4 cm³/mol. The molecule has 0 aromatic heterocycles. The summed E-state index contributed by atoms with van der Waals surface area (Å²) in [6.07, 6.45) is 2.93. The third-order valence-electron chi connectivity index (χ3n) is 3.43. The average Bonchev–Trinajstić information content (AvgIpc) is 2.74. The minimum absolute atomic E-state index is 0.0638. The lowest BCUT2D eigenvalue weighted by molar-refractivity contribution is -0.385. The van der Waals surface area contributed by atoms with Crippen molar-refractivity contribution >= 4 is 23.2 Å². The van der Waals surface area contributed by atoms with Gasteiger partial charge in [0.1, 0.15) is 5.56 Å². The molecule has 19 heavy (non-hydrogen) atoms. The number of hydrogen-bond donors (Lipinski definition) is 1. The molecule has 0 bridgehead atoms. The number of benzene rings is 1. The van der Waals surface area contributed by atoms with E-state index in [1.54, 1.807) is 0 Å². The van der Waals surface area contributed by atoms with Gasteiger partial charge in [0, 0.05) is 17.1 Å². The van der Waals surface area contributed by atoms with Crippen LogP contribution in [0, 0.1) is 16.0 Å². The molecule has 2 unspecified atom stereocenters. The van der Waals surface area contributed by atoms with Crippen molar-refractivity contribution < 1.29 is 9.72 Å². The van der Waals surface area contributed by atoms with E-state index in [0.717, 1.165) is 19.3 Å². The Bertz CT molecular complexity index is 519. The van der Waals surface area contributed by atoms with E-state index in [1.807, 2.05) is 0 Å². The van der Waals surface area contributed by atoms with Crippen LogP contribution in [0.1, 0.15) is 36.5 Å². The quantitative estimate of drug-likeness (QED) is 0.683. The SMILES string of the molecule is CC1CCC(NC(=O)c2ccc(Cl)cc2[N+](=O)[O-])C1. The zero-order valence-corrected chi connectivity index (χ0v) is 11.3. The van der Waals surface area contributed by atoms with Gasteiger partial charge in [0.25, 0.3) is 11.6 Å². The minimum atomic E-state index is -0.585. The number of nitrogens with zero attached hydrogens (tertiary/aromatic N) is 1. The number of amides is 1. The normalized spacial score (nSPS) is 22.2. The smallest absolute Gasteiger partial charge is 0.283 e. The first-order valence-electron chi connectivity index (χ1n) is 6.22. The predicted octanol–water partition coefficient (Wildman–Crippen LogP) is 3.17. The molecule has 0 spiro atoms. The van der Waals surface area contributed by atoms with Crippen LogP contribution in [0.3, 0.4) is 0 Å². The topological polar surface area (TPSA) is 72.2 Å². The third-order valence-corrected chi connectivity index (χ3v) is 3.67. The number of nitro groups is 1. The summed E-state index contributed by atoms with van der Waals surface area (Å²) in [6.45, 7) is 2.14. The molecule has 0 heterocycles. The van der Waals surface area contributed by atoms with Gasteiger partial charge in [-0.2, -0.15) is 0 Å². The number of carbonyl (C=O) groups excluding carboxylic acids is 1. The molecule has 6 heteroatoms. The molecular formula is C13H15ClN2O3. The highest BCUT2D eigenvalue weighted by atomic mass is 35.5. The van der Waals surface area contributed by atoms with Gasteiger partial charge in [-0.25, -0.2) is 0 Å². The lowest BCUT2D eigenvalue weighted by Gasteiger charge is -2.12. The van der Waals surface area contributed by atoms with Crippen molar-refractivity contribution in [3.05, 3.63) is 38.9 Å². The molecule has 0 radical (unpaired) electrons. The number of rotatable bonds is 3. The summed E-state index contributed by atoms with van der Waals surface area (Å²) in [5, 5.41) is 14.0. The zero-order valence-electron chi connectivity index (χ0n) is 10.6. The van der Waals surface area contributed by atoms with Gasteiger partial charge in [0.05, 0.1) is 4.92 Å². The van der Waals surface area contributed by atoms with E-state index in [0.29, 0.717) is 5.92 Å². The van der Waals surface area contributed by atoms with Crippen LogP contribution in [-0.4, -0.2) is 16.9 Å². The van der Waals surface area contributed by atoms with Crippen molar-refractivity contribution in [1.29, 1.82) is 0 Å². The molecule has 1 aromatic carbocycles. The summed E-state index contributed by atoms with van der Waals surface area (Å²) in [6, 6.07) is 4.20. The van der Waals surface area contributed by atoms with Gasteiger partial charge in [-0.05, 0) is 37.3 Å². The van der Waals surface area contributed by atoms with Crippen LogP contribution in [0.4, 0.5) is 5.69 Å². The zero-order chi connectivity index (χ0) is 14.0. The standard InChI is InChI=1S/C13H15ClN2O3/c1-8-2-4-10(6-8)15-13(17)11-5-3-9(14)7-12(11)16(18)19/h3,5,7-8,10H,2,4,6H2,1H3,(H,15,17). The second-order valence-corrected chi connectivity index (χ2v) is 5.44. The Morgan fingerprint density at radius 2 is 2.21 bits per heavy atom.